The van der Waals surface area contributed by atoms with E-state index < -0.39 is 0 Å². The van der Waals surface area contributed by atoms with Gasteiger partial charge in [-0.2, -0.15) is 5.10 Å². The SMILES string of the molecule is Cl.O=C(COc1cccc(-c2nccc(Nc3ccc4[nH]ncc4c3)n2)c1)N[C@@H]1CCNC1. The monoisotopic (exact) mass is 465 g/mol. The molecular formula is C23H24ClN7O2. The first-order valence-corrected chi connectivity index (χ1v) is 10.5. The first-order valence-electron chi connectivity index (χ1n) is 10.5. The number of hydrogen-bond donors (Lipinski definition) is 4. The summed E-state index contributed by atoms with van der Waals surface area (Å²) in [6.07, 6.45) is 4.43. The molecule has 5 rings (SSSR count). The van der Waals surface area contributed by atoms with Crippen LogP contribution in [-0.4, -0.2) is 51.8 Å². The number of ether oxygens (including phenoxy) is 1. The van der Waals surface area contributed by atoms with Gasteiger partial charge in [-0.3, -0.25) is 9.89 Å². The van der Waals surface area contributed by atoms with E-state index in [1.807, 2.05) is 48.5 Å². The maximum Gasteiger partial charge on any atom is 0.258 e. The molecule has 9 nitrogen and oxygen atoms in total. The van der Waals surface area contributed by atoms with Crippen molar-refractivity contribution in [3.8, 4) is 17.1 Å². The Morgan fingerprint density at radius 1 is 1.18 bits per heavy atom. The summed E-state index contributed by atoms with van der Waals surface area (Å²) in [5.41, 5.74) is 2.69. The fraction of sp³-hybridized carbons (Fsp3) is 0.217. The van der Waals surface area contributed by atoms with Gasteiger partial charge in [0.2, 0.25) is 0 Å². The Morgan fingerprint density at radius 3 is 3.00 bits per heavy atom. The first-order chi connectivity index (χ1) is 15.7. The maximum atomic E-state index is 12.1. The van der Waals surface area contributed by atoms with E-state index in [0.29, 0.717) is 17.4 Å². The number of benzene rings is 2. The minimum absolute atomic E-state index is 0. The smallest absolute Gasteiger partial charge is 0.258 e. The Bertz CT molecular complexity index is 1240. The van der Waals surface area contributed by atoms with Crippen LogP contribution in [0.3, 0.4) is 0 Å². The fourth-order valence-corrected chi connectivity index (χ4v) is 3.66. The molecule has 33 heavy (non-hydrogen) atoms. The van der Waals surface area contributed by atoms with Crippen molar-refractivity contribution in [1.82, 2.24) is 30.8 Å². The number of H-pyrrole nitrogens is 1. The van der Waals surface area contributed by atoms with Crippen molar-refractivity contribution >= 4 is 40.7 Å². The van der Waals surface area contributed by atoms with Crippen molar-refractivity contribution in [3.05, 3.63) is 60.9 Å². The van der Waals surface area contributed by atoms with Crippen LogP contribution >= 0.6 is 12.4 Å². The summed E-state index contributed by atoms with van der Waals surface area (Å²) in [6.45, 7) is 1.71. The van der Waals surface area contributed by atoms with Gasteiger partial charge in [-0.05, 0) is 49.4 Å². The lowest BCUT2D eigenvalue weighted by Gasteiger charge is -2.12. The number of nitrogens with zero attached hydrogens (tertiary/aromatic N) is 3. The number of halogens is 1. The molecule has 0 aliphatic carbocycles. The van der Waals surface area contributed by atoms with Crippen LogP contribution in [0.15, 0.2) is 60.9 Å². The fourth-order valence-electron chi connectivity index (χ4n) is 3.66. The van der Waals surface area contributed by atoms with Crippen LogP contribution < -0.4 is 20.7 Å². The van der Waals surface area contributed by atoms with Crippen LogP contribution in [0, 0.1) is 0 Å². The van der Waals surface area contributed by atoms with E-state index in [1.54, 1.807) is 12.4 Å². The third-order valence-corrected chi connectivity index (χ3v) is 5.26. The highest BCUT2D eigenvalue weighted by Crippen LogP contribution is 2.24. The van der Waals surface area contributed by atoms with Crippen molar-refractivity contribution in [2.45, 2.75) is 12.5 Å². The number of amides is 1. The van der Waals surface area contributed by atoms with Gasteiger partial charge in [0.25, 0.3) is 5.91 Å². The zero-order valence-electron chi connectivity index (χ0n) is 17.7. The Balaban J connectivity index is 0.00000259. The van der Waals surface area contributed by atoms with Crippen LogP contribution in [0.2, 0.25) is 0 Å². The van der Waals surface area contributed by atoms with Crippen molar-refractivity contribution in [3.63, 3.8) is 0 Å². The summed E-state index contributed by atoms with van der Waals surface area (Å²) in [5, 5.41) is 17.5. The minimum Gasteiger partial charge on any atom is -0.484 e. The number of aromatic amines is 1. The molecule has 4 N–H and O–H groups in total. The van der Waals surface area contributed by atoms with Gasteiger partial charge in [-0.1, -0.05) is 12.1 Å². The molecule has 2 aromatic heterocycles. The van der Waals surface area contributed by atoms with Crippen LogP contribution in [0.4, 0.5) is 11.5 Å². The Kier molecular flexibility index (Phi) is 7.01. The standard InChI is InChI=1S/C23H23N7O2.ClH/c31-22(28-18-6-8-24-13-18)14-32-19-3-1-2-15(11-19)23-25-9-7-21(29-23)27-17-4-5-20-16(10-17)12-26-30-20;/h1-5,7,9-12,18,24H,6,8,13-14H2,(H,26,30)(H,28,31)(H,25,27,29);1H/t18-;/m1./s1. The molecule has 0 radical (unpaired) electrons. The molecule has 0 unspecified atom stereocenters. The third-order valence-electron chi connectivity index (χ3n) is 5.26. The van der Waals surface area contributed by atoms with E-state index in [1.165, 1.54) is 0 Å². The van der Waals surface area contributed by atoms with E-state index in [2.05, 4.69) is 36.1 Å². The lowest BCUT2D eigenvalue weighted by molar-refractivity contribution is -0.123. The van der Waals surface area contributed by atoms with Gasteiger partial charge in [0.05, 0.1) is 11.7 Å². The molecule has 10 heteroatoms. The molecule has 4 aromatic rings. The largest absolute Gasteiger partial charge is 0.484 e. The first kappa shape index (κ1) is 22.5. The lowest BCUT2D eigenvalue weighted by atomic mass is 10.2. The lowest BCUT2D eigenvalue weighted by Crippen LogP contribution is -2.39. The van der Waals surface area contributed by atoms with Crippen LogP contribution in [-0.2, 0) is 4.79 Å². The molecule has 3 heterocycles. The molecule has 1 amide bonds. The molecule has 0 bridgehead atoms. The molecule has 170 valence electrons. The zero-order chi connectivity index (χ0) is 21.8. The quantitative estimate of drug-likeness (QED) is 0.331. The summed E-state index contributed by atoms with van der Waals surface area (Å²) in [6, 6.07) is 15.3. The van der Waals surface area contributed by atoms with Crippen LogP contribution in [0.5, 0.6) is 5.75 Å². The van der Waals surface area contributed by atoms with Crippen LogP contribution in [0.1, 0.15) is 6.42 Å². The summed E-state index contributed by atoms with van der Waals surface area (Å²) in [4.78, 5) is 21.1. The molecule has 1 fully saturated rings. The second kappa shape index (κ2) is 10.3. The number of fused-ring (bicyclic) bond motifs is 1. The summed E-state index contributed by atoms with van der Waals surface area (Å²) < 4.78 is 5.69. The molecule has 1 aliphatic rings. The van der Waals surface area contributed by atoms with E-state index >= 15 is 0 Å². The number of aromatic nitrogens is 4. The summed E-state index contributed by atoms with van der Waals surface area (Å²) in [7, 11) is 0. The average Bonchev–Trinajstić information content (AvgIpc) is 3.50. The van der Waals surface area contributed by atoms with E-state index in [9.17, 15) is 4.79 Å². The van der Waals surface area contributed by atoms with Gasteiger partial charge in [0.1, 0.15) is 11.6 Å². The Hall–Kier alpha value is -3.69. The highest BCUT2D eigenvalue weighted by atomic mass is 35.5. The molecule has 0 spiro atoms. The molecular weight excluding hydrogens is 442 g/mol. The van der Waals surface area contributed by atoms with Crippen LogP contribution in [0.25, 0.3) is 22.3 Å². The van der Waals surface area contributed by atoms with E-state index in [-0.39, 0.29) is 31.0 Å². The van der Waals surface area contributed by atoms with E-state index in [4.69, 9.17) is 4.74 Å². The molecule has 1 atom stereocenters. The number of carbonyl (C=O) groups is 1. The predicted molar refractivity (Wildman–Crippen MR) is 129 cm³/mol. The zero-order valence-corrected chi connectivity index (χ0v) is 18.6. The van der Waals surface area contributed by atoms with Gasteiger partial charge in [-0.15, -0.1) is 12.4 Å². The Labute approximate surface area is 196 Å². The highest BCUT2D eigenvalue weighted by molar-refractivity contribution is 5.85. The number of hydrogen-bond acceptors (Lipinski definition) is 7. The molecule has 2 aromatic carbocycles. The molecule has 0 saturated carbocycles. The van der Waals surface area contributed by atoms with Gasteiger partial charge in [0.15, 0.2) is 12.4 Å². The predicted octanol–water partition coefficient (Wildman–Crippen LogP) is 3.04. The Morgan fingerprint density at radius 2 is 2.12 bits per heavy atom. The van der Waals surface area contributed by atoms with Crippen molar-refractivity contribution < 1.29 is 9.53 Å². The number of rotatable bonds is 7. The highest BCUT2D eigenvalue weighted by Gasteiger charge is 2.16. The minimum atomic E-state index is -0.124. The van der Waals surface area contributed by atoms with Crippen molar-refractivity contribution in [2.24, 2.45) is 0 Å². The average molecular weight is 466 g/mol. The van der Waals surface area contributed by atoms with Gasteiger partial charge >= 0.3 is 0 Å². The second-order valence-corrected chi connectivity index (χ2v) is 7.64. The van der Waals surface area contributed by atoms with Gasteiger partial charge in [0, 0.05) is 35.4 Å². The van der Waals surface area contributed by atoms with Gasteiger partial charge < -0.3 is 20.7 Å². The second-order valence-electron chi connectivity index (χ2n) is 7.64. The number of nitrogens with one attached hydrogen (secondary N) is 4. The van der Waals surface area contributed by atoms with Gasteiger partial charge in [-0.25, -0.2) is 9.97 Å². The molecule has 1 saturated heterocycles. The normalized spacial score (nSPS) is 15.1. The number of carbonyl (C=O) groups excluding carboxylic acids is 1. The number of anilines is 2. The third kappa shape index (κ3) is 5.57. The topological polar surface area (TPSA) is 117 Å². The van der Waals surface area contributed by atoms with Crippen molar-refractivity contribution in [2.75, 3.05) is 25.0 Å². The molecule has 1 aliphatic heterocycles. The maximum absolute atomic E-state index is 12.1. The van der Waals surface area contributed by atoms with Crippen molar-refractivity contribution in [1.29, 1.82) is 0 Å². The summed E-state index contributed by atoms with van der Waals surface area (Å²) in [5.74, 6) is 1.70. The summed E-state index contributed by atoms with van der Waals surface area (Å²) >= 11 is 0. The van der Waals surface area contributed by atoms with E-state index in [0.717, 1.165) is 41.7 Å².